The molecule has 0 radical (unpaired) electrons. The molecule has 0 fully saturated rings. The van der Waals surface area contributed by atoms with Crippen molar-refractivity contribution in [3.05, 3.63) is 59.2 Å². The molecule has 0 atom stereocenters. The van der Waals surface area contributed by atoms with E-state index in [-0.39, 0.29) is 0 Å². The van der Waals surface area contributed by atoms with Gasteiger partial charge in [0.05, 0.1) is 0 Å². The van der Waals surface area contributed by atoms with Crippen molar-refractivity contribution in [3.63, 3.8) is 0 Å². The highest BCUT2D eigenvalue weighted by atomic mass is 16.5. The topological polar surface area (TPSA) is 21.3 Å². The summed E-state index contributed by atoms with van der Waals surface area (Å²) in [7, 11) is 0. The first-order valence-electron chi connectivity index (χ1n) is 8.17. The summed E-state index contributed by atoms with van der Waals surface area (Å²) in [6.45, 7) is 10.2. The maximum absolute atomic E-state index is 5.97. The Morgan fingerprint density at radius 3 is 2.55 bits per heavy atom. The van der Waals surface area contributed by atoms with E-state index >= 15 is 0 Å². The van der Waals surface area contributed by atoms with E-state index in [2.05, 4.69) is 69.4 Å². The zero-order valence-corrected chi connectivity index (χ0v) is 14.1. The van der Waals surface area contributed by atoms with Gasteiger partial charge in [0.2, 0.25) is 0 Å². The fraction of sp³-hybridized carbons (Fsp3) is 0.400. The van der Waals surface area contributed by atoms with Gasteiger partial charge in [-0.15, -0.1) is 0 Å². The predicted octanol–water partition coefficient (Wildman–Crippen LogP) is 5.17. The Labute approximate surface area is 134 Å². The second kappa shape index (κ2) is 7.88. The molecule has 0 aliphatic rings. The Kier molecular flexibility index (Phi) is 5.88. The van der Waals surface area contributed by atoms with Gasteiger partial charge in [0.25, 0.3) is 0 Å². The third kappa shape index (κ3) is 4.03. The SMILES string of the molecule is CCc1cccc(C)c1NCCOc1ccccc1C(C)C. The molecule has 2 rings (SSSR count). The number of aryl methyl sites for hydroxylation is 2. The van der Waals surface area contributed by atoms with Gasteiger partial charge < -0.3 is 10.1 Å². The van der Waals surface area contributed by atoms with Gasteiger partial charge in [-0.25, -0.2) is 0 Å². The van der Waals surface area contributed by atoms with Gasteiger partial charge in [-0.1, -0.05) is 57.2 Å². The Bertz CT molecular complexity index is 604. The molecule has 2 aromatic carbocycles. The molecule has 0 amide bonds. The van der Waals surface area contributed by atoms with Crippen LogP contribution >= 0.6 is 0 Å². The van der Waals surface area contributed by atoms with Crippen molar-refractivity contribution in [3.8, 4) is 5.75 Å². The summed E-state index contributed by atoms with van der Waals surface area (Å²) in [5.41, 5.74) is 5.18. The molecule has 0 spiro atoms. The van der Waals surface area contributed by atoms with Gasteiger partial charge in [-0.3, -0.25) is 0 Å². The average molecular weight is 297 g/mol. The number of nitrogens with one attached hydrogen (secondary N) is 1. The number of hydrogen-bond acceptors (Lipinski definition) is 2. The lowest BCUT2D eigenvalue weighted by molar-refractivity contribution is 0.328. The van der Waals surface area contributed by atoms with Gasteiger partial charge in [-0.05, 0) is 42.0 Å². The van der Waals surface area contributed by atoms with Crippen molar-refractivity contribution in [2.24, 2.45) is 0 Å². The molecule has 0 saturated carbocycles. The molecule has 0 heterocycles. The molecule has 118 valence electrons. The van der Waals surface area contributed by atoms with Crippen LogP contribution in [0, 0.1) is 6.92 Å². The normalized spacial score (nSPS) is 10.8. The summed E-state index contributed by atoms with van der Waals surface area (Å²) in [6.07, 6.45) is 1.04. The lowest BCUT2D eigenvalue weighted by Gasteiger charge is -2.16. The lowest BCUT2D eigenvalue weighted by atomic mass is 10.0. The van der Waals surface area contributed by atoms with Crippen LogP contribution in [0.2, 0.25) is 0 Å². The summed E-state index contributed by atoms with van der Waals surface area (Å²) in [5.74, 6) is 1.48. The molecule has 22 heavy (non-hydrogen) atoms. The number of para-hydroxylation sites is 2. The number of ether oxygens (including phenoxy) is 1. The zero-order chi connectivity index (χ0) is 15.9. The highest BCUT2D eigenvalue weighted by molar-refractivity contribution is 5.57. The van der Waals surface area contributed by atoms with Gasteiger partial charge >= 0.3 is 0 Å². The fourth-order valence-corrected chi connectivity index (χ4v) is 2.70. The first-order valence-corrected chi connectivity index (χ1v) is 8.17. The van der Waals surface area contributed by atoms with Crippen LogP contribution in [-0.2, 0) is 6.42 Å². The summed E-state index contributed by atoms with van der Waals surface area (Å²) in [5, 5.41) is 3.53. The molecule has 0 aromatic heterocycles. The molecule has 2 nitrogen and oxygen atoms in total. The Hall–Kier alpha value is -1.96. The smallest absolute Gasteiger partial charge is 0.122 e. The quantitative estimate of drug-likeness (QED) is 0.712. The van der Waals surface area contributed by atoms with E-state index in [1.54, 1.807) is 0 Å². The van der Waals surface area contributed by atoms with E-state index in [1.807, 2.05) is 6.07 Å². The van der Waals surface area contributed by atoms with E-state index in [4.69, 9.17) is 4.74 Å². The van der Waals surface area contributed by atoms with Crippen molar-refractivity contribution < 1.29 is 4.74 Å². The number of benzene rings is 2. The number of rotatable bonds is 7. The largest absolute Gasteiger partial charge is 0.491 e. The van der Waals surface area contributed by atoms with Crippen molar-refractivity contribution in [2.45, 2.75) is 40.0 Å². The predicted molar refractivity (Wildman–Crippen MR) is 95.1 cm³/mol. The average Bonchev–Trinajstić information content (AvgIpc) is 2.52. The molecule has 0 aliphatic heterocycles. The van der Waals surface area contributed by atoms with E-state index < -0.39 is 0 Å². The van der Waals surface area contributed by atoms with Crippen LogP contribution in [0.15, 0.2) is 42.5 Å². The zero-order valence-electron chi connectivity index (χ0n) is 14.1. The highest BCUT2D eigenvalue weighted by Gasteiger charge is 2.07. The molecule has 2 aromatic rings. The maximum atomic E-state index is 5.97. The van der Waals surface area contributed by atoms with Crippen molar-refractivity contribution in [2.75, 3.05) is 18.5 Å². The van der Waals surface area contributed by atoms with Crippen LogP contribution in [0.3, 0.4) is 0 Å². The van der Waals surface area contributed by atoms with Crippen molar-refractivity contribution in [1.29, 1.82) is 0 Å². The van der Waals surface area contributed by atoms with Gasteiger partial charge in [0.1, 0.15) is 12.4 Å². The monoisotopic (exact) mass is 297 g/mol. The van der Waals surface area contributed by atoms with E-state index in [0.717, 1.165) is 18.7 Å². The molecule has 2 heteroatoms. The van der Waals surface area contributed by atoms with Crippen LogP contribution in [0.4, 0.5) is 5.69 Å². The molecular weight excluding hydrogens is 270 g/mol. The van der Waals surface area contributed by atoms with Crippen LogP contribution in [0.25, 0.3) is 0 Å². The minimum atomic E-state index is 0.479. The highest BCUT2D eigenvalue weighted by Crippen LogP contribution is 2.26. The standard InChI is InChI=1S/C20H27NO/c1-5-17-10-8-9-16(4)20(17)21-13-14-22-19-12-7-6-11-18(19)15(2)3/h6-12,15,21H,5,13-14H2,1-4H3. The third-order valence-corrected chi connectivity index (χ3v) is 3.94. The second-order valence-corrected chi connectivity index (χ2v) is 5.93. The fourth-order valence-electron chi connectivity index (χ4n) is 2.70. The van der Waals surface area contributed by atoms with Gasteiger partial charge in [0, 0.05) is 12.2 Å². The van der Waals surface area contributed by atoms with E-state index in [9.17, 15) is 0 Å². The van der Waals surface area contributed by atoms with E-state index in [0.29, 0.717) is 12.5 Å². The Morgan fingerprint density at radius 1 is 1.05 bits per heavy atom. The molecule has 0 unspecified atom stereocenters. The van der Waals surface area contributed by atoms with Crippen LogP contribution < -0.4 is 10.1 Å². The second-order valence-electron chi connectivity index (χ2n) is 5.93. The Morgan fingerprint density at radius 2 is 1.82 bits per heavy atom. The molecule has 0 saturated heterocycles. The van der Waals surface area contributed by atoms with Crippen LogP contribution in [0.1, 0.15) is 43.4 Å². The summed E-state index contributed by atoms with van der Waals surface area (Å²) < 4.78 is 5.97. The summed E-state index contributed by atoms with van der Waals surface area (Å²) in [6, 6.07) is 14.8. The molecule has 1 N–H and O–H groups in total. The Balaban J connectivity index is 1.93. The minimum Gasteiger partial charge on any atom is -0.491 e. The van der Waals surface area contributed by atoms with Gasteiger partial charge in [-0.2, -0.15) is 0 Å². The summed E-state index contributed by atoms with van der Waals surface area (Å²) >= 11 is 0. The van der Waals surface area contributed by atoms with E-state index in [1.165, 1.54) is 22.4 Å². The lowest BCUT2D eigenvalue weighted by Crippen LogP contribution is -2.14. The summed E-state index contributed by atoms with van der Waals surface area (Å²) in [4.78, 5) is 0. The molecule has 0 aliphatic carbocycles. The minimum absolute atomic E-state index is 0.479. The van der Waals surface area contributed by atoms with Crippen LogP contribution in [-0.4, -0.2) is 13.2 Å². The number of hydrogen-bond donors (Lipinski definition) is 1. The number of anilines is 1. The first kappa shape index (κ1) is 16.4. The first-order chi connectivity index (χ1) is 10.6. The third-order valence-electron chi connectivity index (χ3n) is 3.94. The van der Waals surface area contributed by atoms with Crippen molar-refractivity contribution in [1.82, 2.24) is 0 Å². The maximum Gasteiger partial charge on any atom is 0.122 e. The molecular formula is C20H27NO. The molecule has 0 bridgehead atoms. The van der Waals surface area contributed by atoms with Crippen molar-refractivity contribution >= 4 is 5.69 Å². The van der Waals surface area contributed by atoms with Crippen LogP contribution in [0.5, 0.6) is 5.75 Å². The van der Waals surface area contributed by atoms with Gasteiger partial charge in [0.15, 0.2) is 0 Å².